The first-order valence-electron chi connectivity index (χ1n) is 9.54. The van der Waals surface area contributed by atoms with E-state index in [1.165, 1.54) is 0 Å². The van der Waals surface area contributed by atoms with Gasteiger partial charge in [0.15, 0.2) is 0 Å². The highest BCUT2D eigenvalue weighted by Crippen LogP contribution is 2.56. The number of benzene rings is 2. The van der Waals surface area contributed by atoms with Gasteiger partial charge in [-0.05, 0) is 44.6 Å². The number of hydrogen-bond donors (Lipinski definition) is 1. The summed E-state index contributed by atoms with van der Waals surface area (Å²) in [5, 5.41) is 4.09. The molecule has 0 aliphatic heterocycles. The number of rotatable bonds is 6. The maximum Gasteiger partial charge on any atom is 0.323 e. The molecule has 0 bridgehead atoms. The summed E-state index contributed by atoms with van der Waals surface area (Å²) < 4.78 is 25.3. The molecule has 1 N–H and O–H groups in total. The Kier molecular flexibility index (Phi) is 6.62. The molecule has 0 aromatic heterocycles. The van der Waals surface area contributed by atoms with Gasteiger partial charge in [-0.3, -0.25) is 9.36 Å². The molecule has 0 heterocycles. The molecule has 2 rings (SSSR count). The third-order valence-electron chi connectivity index (χ3n) is 4.22. The van der Waals surface area contributed by atoms with Crippen LogP contribution in [-0.4, -0.2) is 23.8 Å². The summed E-state index contributed by atoms with van der Waals surface area (Å²) in [6.07, 6.45) is 0. The summed E-state index contributed by atoms with van der Waals surface area (Å²) in [6.45, 7) is 13.4. The quantitative estimate of drug-likeness (QED) is 0.488. The summed E-state index contributed by atoms with van der Waals surface area (Å²) in [6, 6.07) is 12.6. The van der Waals surface area contributed by atoms with E-state index in [0.29, 0.717) is 12.4 Å². The van der Waals surface area contributed by atoms with Gasteiger partial charge >= 0.3 is 13.5 Å². The van der Waals surface area contributed by atoms with Crippen molar-refractivity contribution in [2.24, 2.45) is 5.41 Å². The zero-order valence-corrected chi connectivity index (χ0v) is 18.8. The van der Waals surface area contributed by atoms with Crippen LogP contribution >= 0.6 is 7.52 Å². The second-order valence-corrected chi connectivity index (χ2v) is 12.2. The maximum absolute atomic E-state index is 13.8. The Morgan fingerprint density at radius 1 is 1.04 bits per heavy atom. The fraction of sp³-hybridized carbons (Fsp3) is 0.500. The predicted octanol–water partition coefficient (Wildman–Crippen LogP) is 5.78. The summed E-state index contributed by atoms with van der Waals surface area (Å²) in [5.41, 5.74) is -0.136. The molecule has 2 aromatic carbocycles. The van der Waals surface area contributed by atoms with E-state index in [1.54, 1.807) is 13.0 Å². The molecule has 0 fully saturated rings. The second-order valence-electron chi connectivity index (χ2n) is 9.31. The number of ether oxygens (including phenoxy) is 1. The van der Waals surface area contributed by atoms with Gasteiger partial charge in [0.1, 0.15) is 11.8 Å². The van der Waals surface area contributed by atoms with E-state index in [1.807, 2.05) is 77.9 Å². The van der Waals surface area contributed by atoms with Crippen LogP contribution in [0.5, 0.6) is 5.75 Å². The summed E-state index contributed by atoms with van der Waals surface area (Å²) in [5.74, 6) is 0.0834. The lowest BCUT2D eigenvalue weighted by atomic mass is 9.99. The Morgan fingerprint density at radius 3 is 2.25 bits per heavy atom. The van der Waals surface area contributed by atoms with E-state index in [9.17, 15) is 9.36 Å². The molecule has 2 aromatic rings. The maximum atomic E-state index is 13.8. The molecule has 1 unspecified atom stereocenters. The second kappa shape index (κ2) is 8.26. The van der Waals surface area contributed by atoms with E-state index in [0.717, 1.165) is 10.8 Å². The fourth-order valence-corrected chi connectivity index (χ4v) is 4.26. The number of carbonyl (C=O) groups excluding carboxylic acids is 1. The molecule has 6 heteroatoms. The fourth-order valence-electron chi connectivity index (χ4n) is 2.49. The van der Waals surface area contributed by atoms with Crippen molar-refractivity contribution >= 4 is 24.3 Å². The smallest absolute Gasteiger partial charge is 0.323 e. The first kappa shape index (κ1) is 22.4. The Bertz CT molecular complexity index is 875. The van der Waals surface area contributed by atoms with E-state index in [-0.39, 0.29) is 5.41 Å². The van der Waals surface area contributed by atoms with Crippen LogP contribution in [0.4, 0.5) is 0 Å². The van der Waals surface area contributed by atoms with Crippen LogP contribution in [0.3, 0.4) is 0 Å². The lowest BCUT2D eigenvalue weighted by molar-refractivity contribution is -0.148. The largest absolute Gasteiger partial charge is 0.464 e. The predicted molar refractivity (Wildman–Crippen MR) is 115 cm³/mol. The van der Waals surface area contributed by atoms with Gasteiger partial charge in [0, 0.05) is 5.39 Å². The topological polar surface area (TPSA) is 64.6 Å². The molecule has 0 radical (unpaired) electrons. The molecule has 0 spiro atoms. The minimum absolute atomic E-state index is 0.136. The first-order chi connectivity index (χ1) is 12.8. The van der Waals surface area contributed by atoms with Gasteiger partial charge in [0.05, 0.1) is 11.8 Å². The lowest BCUT2D eigenvalue weighted by Gasteiger charge is -2.33. The highest BCUT2D eigenvalue weighted by molar-refractivity contribution is 7.59. The van der Waals surface area contributed by atoms with Crippen molar-refractivity contribution in [3.63, 3.8) is 0 Å². The number of hydrogen-bond acceptors (Lipinski definition) is 4. The minimum atomic E-state index is -3.45. The summed E-state index contributed by atoms with van der Waals surface area (Å²) >= 11 is 0. The van der Waals surface area contributed by atoms with Crippen LogP contribution in [0, 0.1) is 5.41 Å². The van der Waals surface area contributed by atoms with Crippen LogP contribution in [0.15, 0.2) is 42.5 Å². The van der Waals surface area contributed by atoms with Gasteiger partial charge in [0.25, 0.3) is 0 Å². The van der Waals surface area contributed by atoms with Gasteiger partial charge in [-0.1, -0.05) is 57.2 Å². The van der Waals surface area contributed by atoms with Crippen molar-refractivity contribution in [1.29, 1.82) is 0 Å². The van der Waals surface area contributed by atoms with E-state index in [4.69, 9.17) is 9.26 Å². The van der Waals surface area contributed by atoms with Crippen LogP contribution in [0.2, 0.25) is 0 Å². The molecule has 28 heavy (non-hydrogen) atoms. The van der Waals surface area contributed by atoms with Crippen molar-refractivity contribution in [3.8, 4) is 5.75 Å². The molecule has 0 aliphatic rings. The molecule has 0 saturated carbocycles. The molecular weight excluding hydrogens is 373 g/mol. The van der Waals surface area contributed by atoms with Crippen LogP contribution in [-0.2, 0) is 14.1 Å². The molecule has 154 valence electrons. The van der Waals surface area contributed by atoms with E-state index in [2.05, 4.69) is 5.09 Å². The van der Waals surface area contributed by atoms with Gasteiger partial charge in [-0.2, -0.15) is 0 Å². The Morgan fingerprint density at radius 2 is 1.64 bits per heavy atom. The standard InChI is InChI=1S/C22H32NO4P/c1-16(20(24)26-15-21(2,3)4)23-28(25,22(5,6)7)27-19-14-10-12-17-11-8-9-13-18(17)19/h8-14,16H,15H2,1-7H3,(H,23,25)/t16-,28?/m1/s1. The minimum Gasteiger partial charge on any atom is -0.464 e. The molecule has 5 nitrogen and oxygen atoms in total. The SMILES string of the molecule is C[C@@H](NP(=O)(Oc1cccc2ccccc12)C(C)(C)C)C(=O)OCC(C)(C)C. The van der Waals surface area contributed by atoms with Crippen molar-refractivity contribution in [2.75, 3.05) is 6.61 Å². The monoisotopic (exact) mass is 405 g/mol. The van der Waals surface area contributed by atoms with Gasteiger partial charge < -0.3 is 9.26 Å². The summed E-state index contributed by atoms with van der Waals surface area (Å²) in [4.78, 5) is 12.4. The average molecular weight is 405 g/mol. The molecular formula is C22H32NO4P. The zero-order valence-electron chi connectivity index (χ0n) is 17.9. The first-order valence-corrected chi connectivity index (χ1v) is 11.2. The van der Waals surface area contributed by atoms with Gasteiger partial charge in [0.2, 0.25) is 0 Å². The number of nitrogens with one attached hydrogen (secondary N) is 1. The number of esters is 1. The van der Waals surface area contributed by atoms with Crippen LogP contribution in [0.1, 0.15) is 48.5 Å². The number of carbonyl (C=O) groups is 1. The Hall–Kier alpha value is -1.84. The lowest BCUT2D eigenvalue weighted by Crippen LogP contribution is -2.40. The zero-order chi connectivity index (χ0) is 21.2. The van der Waals surface area contributed by atoms with Crippen molar-refractivity contribution in [2.45, 2.75) is 59.7 Å². The van der Waals surface area contributed by atoms with Crippen LogP contribution < -0.4 is 9.61 Å². The van der Waals surface area contributed by atoms with Crippen molar-refractivity contribution in [1.82, 2.24) is 5.09 Å². The Labute approximate surface area is 168 Å². The van der Waals surface area contributed by atoms with E-state index >= 15 is 0 Å². The molecule has 0 amide bonds. The van der Waals surface area contributed by atoms with Crippen molar-refractivity contribution in [3.05, 3.63) is 42.5 Å². The normalized spacial score (nSPS) is 15.7. The average Bonchev–Trinajstić information content (AvgIpc) is 2.58. The molecule has 0 aliphatic carbocycles. The summed E-state index contributed by atoms with van der Waals surface area (Å²) in [7, 11) is -3.45. The number of fused-ring (bicyclic) bond motifs is 1. The van der Waals surface area contributed by atoms with Gasteiger partial charge in [-0.15, -0.1) is 0 Å². The molecule has 2 atom stereocenters. The highest BCUT2D eigenvalue weighted by atomic mass is 31.2. The third kappa shape index (κ3) is 5.59. The van der Waals surface area contributed by atoms with Crippen LogP contribution in [0.25, 0.3) is 10.8 Å². The van der Waals surface area contributed by atoms with Gasteiger partial charge in [-0.25, -0.2) is 5.09 Å². The Balaban J connectivity index is 2.27. The molecule has 0 saturated heterocycles. The van der Waals surface area contributed by atoms with Crippen molar-refractivity contribution < 1.29 is 18.6 Å². The highest BCUT2D eigenvalue weighted by Gasteiger charge is 2.42. The third-order valence-corrected chi connectivity index (χ3v) is 7.17. The van der Waals surface area contributed by atoms with E-state index < -0.39 is 24.7 Å².